The minimum absolute atomic E-state index is 0.00334. The van der Waals surface area contributed by atoms with Gasteiger partial charge in [0.1, 0.15) is 5.75 Å². The van der Waals surface area contributed by atoms with Crippen LogP contribution in [0.3, 0.4) is 0 Å². The summed E-state index contributed by atoms with van der Waals surface area (Å²) in [5.41, 5.74) is 2.12. The summed E-state index contributed by atoms with van der Waals surface area (Å²) in [6.07, 6.45) is 0.499. The summed E-state index contributed by atoms with van der Waals surface area (Å²) in [5.74, 6) is -0.259. The quantitative estimate of drug-likeness (QED) is 0.807. The molecule has 1 rings (SSSR count). The molecule has 4 heteroatoms. The number of carboxylic acids is 1. The number of aliphatic carboxylic acids is 1. The molecule has 0 aliphatic carbocycles. The third-order valence-corrected chi connectivity index (χ3v) is 3.12. The number of ether oxygens (including phenoxy) is 1. The lowest BCUT2D eigenvalue weighted by molar-refractivity contribution is -0.145. The number of carboxylic acid groups (broad SMARTS) is 1. The predicted octanol–water partition coefficient (Wildman–Crippen LogP) is 3.52. The van der Waals surface area contributed by atoms with Crippen LogP contribution in [0.4, 0.5) is 0 Å². The normalized spacial score (nSPS) is 13.0. The highest BCUT2D eigenvalue weighted by Crippen LogP contribution is 2.23. The van der Waals surface area contributed by atoms with Crippen LogP contribution in [0.1, 0.15) is 51.7 Å². The van der Waals surface area contributed by atoms with Crippen LogP contribution in [0, 0.1) is 6.92 Å². The van der Waals surface area contributed by atoms with Crippen molar-refractivity contribution in [2.24, 2.45) is 0 Å². The van der Waals surface area contributed by atoms with Gasteiger partial charge in [-0.2, -0.15) is 0 Å². The fourth-order valence-electron chi connectivity index (χ4n) is 1.97. The molecule has 21 heavy (non-hydrogen) atoms. The maximum absolute atomic E-state index is 11.2. The van der Waals surface area contributed by atoms with E-state index in [1.54, 1.807) is 0 Å². The Morgan fingerprint density at radius 3 is 2.57 bits per heavy atom. The molecule has 1 atom stereocenters. The molecule has 0 amide bonds. The Bertz CT molecular complexity index is 477. The zero-order chi connectivity index (χ0) is 16.0. The van der Waals surface area contributed by atoms with Crippen LogP contribution in [0.5, 0.6) is 5.75 Å². The minimum atomic E-state index is -0.910. The Morgan fingerprint density at radius 2 is 2.05 bits per heavy atom. The molecule has 2 N–H and O–H groups in total. The molecule has 0 aromatic heterocycles. The summed E-state index contributed by atoms with van der Waals surface area (Å²) < 4.78 is 5.73. The molecule has 0 saturated heterocycles. The largest absolute Gasteiger partial charge is 0.479 e. The van der Waals surface area contributed by atoms with Gasteiger partial charge in [-0.25, -0.2) is 4.79 Å². The van der Waals surface area contributed by atoms with Crippen LogP contribution in [-0.2, 0) is 11.3 Å². The van der Waals surface area contributed by atoms with Crippen LogP contribution < -0.4 is 10.1 Å². The first-order chi connectivity index (χ1) is 9.73. The van der Waals surface area contributed by atoms with E-state index in [1.165, 1.54) is 0 Å². The Labute approximate surface area is 127 Å². The summed E-state index contributed by atoms with van der Waals surface area (Å²) in [4.78, 5) is 11.2. The van der Waals surface area contributed by atoms with E-state index in [0.29, 0.717) is 18.7 Å². The fraction of sp³-hybridized carbons (Fsp3) is 0.588. The third kappa shape index (κ3) is 6.17. The van der Waals surface area contributed by atoms with Gasteiger partial charge >= 0.3 is 5.97 Å². The van der Waals surface area contributed by atoms with Crippen LogP contribution in [0.25, 0.3) is 0 Å². The first-order valence-corrected chi connectivity index (χ1v) is 7.47. The van der Waals surface area contributed by atoms with Gasteiger partial charge in [-0.05, 0) is 40.2 Å². The van der Waals surface area contributed by atoms with Crippen LogP contribution >= 0.6 is 0 Å². The van der Waals surface area contributed by atoms with Crippen molar-refractivity contribution < 1.29 is 14.6 Å². The van der Waals surface area contributed by atoms with Gasteiger partial charge in [0.15, 0.2) is 6.10 Å². The van der Waals surface area contributed by atoms with Crippen molar-refractivity contribution in [3.05, 3.63) is 29.3 Å². The van der Waals surface area contributed by atoms with E-state index in [2.05, 4.69) is 26.1 Å². The second-order valence-electron chi connectivity index (χ2n) is 6.45. The standard InChI is InChI=1S/C17H27NO3/c1-6-7-15(16(19)20)21-14-9-8-12(2)10-13(14)11-18-17(3,4)5/h8-10,15,18H,6-7,11H2,1-5H3,(H,19,20). The maximum Gasteiger partial charge on any atom is 0.344 e. The molecular formula is C17H27NO3. The van der Waals surface area contributed by atoms with Crippen molar-refractivity contribution >= 4 is 5.97 Å². The van der Waals surface area contributed by atoms with E-state index < -0.39 is 12.1 Å². The van der Waals surface area contributed by atoms with Crippen molar-refractivity contribution in [2.75, 3.05) is 0 Å². The van der Waals surface area contributed by atoms with Crippen molar-refractivity contribution in [2.45, 2.75) is 65.6 Å². The van der Waals surface area contributed by atoms with Gasteiger partial charge in [0.25, 0.3) is 0 Å². The van der Waals surface area contributed by atoms with E-state index in [-0.39, 0.29) is 5.54 Å². The first kappa shape index (κ1) is 17.5. The molecule has 0 aliphatic rings. The lowest BCUT2D eigenvalue weighted by Crippen LogP contribution is -2.35. The highest BCUT2D eigenvalue weighted by Gasteiger charge is 2.20. The zero-order valence-electron chi connectivity index (χ0n) is 13.7. The molecule has 0 aliphatic heterocycles. The summed E-state index contributed by atoms with van der Waals surface area (Å²) >= 11 is 0. The molecule has 0 radical (unpaired) electrons. The number of carbonyl (C=O) groups is 1. The van der Waals surface area contributed by atoms with E-state index in [1.807, 2.05) is 32.0 Å². The second kappa shape index (κ2) is 7.46. The van der Waals surface area contributed by atoms with Gasteiger partial charge < -0.3 is 15.2 Å². The van der Waals surface area contributed by atoms with E-state index in [9.17, 15) is 9.90 Å². The lowest BCUT2D eigenvalue weighted by Gasteiger charge is -2.23. The average molecular weight is 293 g/mol. The predicted molar refractivity (Wildman–Crippen MR) is 84.7 cm³/mol. The molecule has 1 aromatic carbocycles. The lowest BCUT2D eigenvalue weighted by atomic mass is 10.1. The second-order valence-corrected chi connectivity index (χ2v) is 6.45. The van der Waals surface area contributed by atoms with Crippen molar-refractivity contribution in [1.82, 2.24) is 5.32 Å². The SMILES string of the molecule is CCCC(Oc1ccc(C)cc1CNC(C)(C)C)C(=O)O. The fourth-order valence-corrected chi connectivity index (χ4v) is 1.97. The number of nitrogens with one attached hydrogen (secondary N) is 1. The molecule has 1 aromatic rings. The number of aryl methyl sites for hydroxylation is 1. The number of hydrogen-bond donors (Lipinski definition) is 2. The van der Waals surface area contributed by atoms with E-state index >= 15 is 0 Å². The average Bonchev–Trinajstić information content (AvgIpc) is 2.37. The number of rotatable bonds is 7. The van der Waals surface area contributed by atoms with Gasteiger partial charge in [0, 0.05) is 17.6 Å². The van der Waals surface area contributed by atoms with Gasteiger partial charge in [0.2, 0.25) is 0 Å². The Morgan fingerprint density at radius 1 is 1.38 bits per heavy atom. The highest BCUT2D eigenvalue weighted by atomic mass is 16.5. The third-order valence-electron chi connectivity index (χ3n) is 3.12. The number of hydrogen-bond acceptors (Lipinski definition) is 3. The highest BCUT2D eigenvalue weighted by molar-refractivity contribution is 5.72. The molecule has 0 saturated carbocycles. The van der Waals surface area contributed by atoms with E-state index in [4.69, 9.17) is 4.74 Å². The smallest absolute Gasteiger partial charge is 0.344 e. The molecule has 0 fully saturated rings. The summed E-state index contributed by atoms with van der Waals surface area (Å²) in [6, 6.07) is 5.85. The monoisotopic (exact) mass is 293 g/mol. The van der Waals surface area contributed by atoms with Gasteiger partial charge in [-0.1, -0.05) is 31.0 Å². The molecule has 1 unspecified atom stereocenters. The summed E-state index contributed by atoms with van der Waals surface area (Å²) in [6.45, 7) is 10.9. The van der Waals surface area contributed by atoms with Crippen molar-refractivity contribution in [1.29, 1.82) is 0 Å². The van der Waals surface area contributed by atoms with Crippen molar-refractivity contribution in [3.8, 4) is 5.75 Å². The van der Waals surface area contributed by atoms with Crippen LogP contribution in [0.15, 0.2) is 18.2 Å². The van der Waals surface area contributed by atoms with Crippen molar-refractivity contribution in [3.63, 3.8) is 0 Å². The van der Waals surface area contributed by atoms with Gasteiger partial charge in [-0.15, -0.1) is 0 Å². The maximum atomic E-state index is 11.2. The van der Waals surface area contributed by atoms with E-state index in [0.717, 1.165) is 17.5 Å². The van der Waals surface area contributed by atoms with Crippen LogP contribution in [-0.4, -0.2) is 22.7 Å². The van der Waals surface area contributed by atoms with Crippen LogP contribution in [0.2, 0.25) is 0 Å². The first-order valence-electron chi connectivity index (χ1n) is 7.47. The molecule has 0 heterocycles. The number of benzene rings is 1. The summed E-state index contributed by atoms with van der Waals surface area (Å²) in [5, 5.41) is 12.6. The van der Waals surface area contributed by atoms with Gasteiger partial charge in [-0.3, -0.25) is 0 Å². The topological polar surface area (TPSA) is 58.6 Å². The Kier molecular flexibility index (Phi) is 6.21. The minimum Gasteiger partial charge on any atom is -0.479 e. The molecular weight excluding hydrogens is 266 g/mol. The summed E-state index contributed by atoms with van der Waals surface area (Å²) in [7, 11) is 0. The molecule has 118 valence electrons. The molecule has 0 spiro atoms. The Hall–Kier alpha value is -1.55. The van der Waals surface area contributed by atoms with Gasteiger partial charge in [0.05, 0.1) is 0 Å². The Balaban J connectivity index is 2.92. The zero-order valence-corrected chi connectivity index (χ0v) is 13.7. The molecule has 0 bridgehead atoms. The molecule has 4 nitrogen and oxygen atoms in total.